The van der Waals surface area contributed by atoms with Crippen LogP contribution in [0.5, 0.6) is 0 Å². The first-order valence-corrected chi connectivity index (χ1v) is 8.10. The van der Waals surface area contributed by atoms with Gasteiger partial charge in [0.2, 0.25) is 10.0 Å². The van der Waals surface area contributed by atoms with E-state index in [2.05, 4.69) is 4.72 Å². The summed E-state index contributed by atoms with van der Waals surface area (Å²) >= 11 is 0. The summed E-state index contributed by atoms with van der Waals surface area (Å²) < 4.78 is 31.3. The Bertz CT molecular complexity index is 342. The Morgan fingerprint density at radius 2 is 2.11 bits per heavy atom. The molecule has 1 aliphatic heterocycles. The molecule has 0 aromatic rings. The molecule has 1 fully saturated rings. The number of rotatable bonds is 6. The third-order valence-corrected chi connectivity index (χ3v) is 4.23. The number of hydrogen-bond acceptors (Lipinski definition) is 4. The standard InChI is InChI=1S/C12H25NO4S/c1-12(2,3)7-10(14)8-13-18(15,16)9-11-5-4-6-17-11/h10-11,13-14H,4-9H2,1-3H3. The van der Waals surface area contributed by atoms with Crippen LogP contribution in [0.1, 0.15) is 40.0 Å². The van der Waals surface area contributed by atoms with Gasteiger partial charge in [0.15, 0.2) is 0 Å². The zero-order valence-corrected chi connectivity index (χ0v) is 12.3. The van der Waals surface area contributed by atoms with Crippen molar-refractivity contribution in [2.45, 2.75) is 52.2 Å². The van der Waals surface area contributed by atoms with Crippen LogP contribution in [-0.4, -0.2) is 44.6 Å². The predicted molar refractivity (Wildman–Crippen MR) is 70.8 cm³/mol. The fourth-order valence-electron chi connectivity index (χ4n) is 2.08. The predicted octanol–water partition coefficient (Wildman–Crippen LogP) is 0.882. The molecule has 1 rings (SSSR count). The molecule has 2 unspecified atom stereocenters. The summed E-state index contributed by atoms with van der Waals surface area (Å²) in [4.78, 5) is 0. The third-order valence-electron chi connectivity index (χ3n) is 2.82. The number of ether oxygens (including phenoxy) is 1. The van der Waals surface area contributed by atoms with Crippen molar-refractivity contribution in [3.63, 3.8) is 0 Å². The van der Waals surface area contributed by atoms with Gasteiger partial charge < -0.3 is 9.84 Å². The number of aliphatic hydroxyl groups is 1. The van der Waals surface area contributed by atoms with Crippen LogP contribution in [0.25, 0.3) is 0 Å². The largest absolute Gasteiger partial charge is 0.392 e. The molecule has 0 amide bonds. The highest BCUT2D eigenvalue weighted by Gasteiger charge is 2.24. The minimum atomic E-state index is -3.35. The lowest BCUT2D eigenvalue weighted by molar-refractivity contribution is 0.122. The van der Waals surface area contributed by atoms with Gasteiger partial charge in [0, 0.05) is 13.2 Å². The molecular weight excluding hydrogens is 254 g/mol. The van der Waals surface area contributed by atoms with Crippen LogP contribution < -0.4 is 4.72 Å². The maximum Gasteiger partial charge on any atom is 0.214 e. The number of aliphatic hydroxyl groups excluding tert-OH is 1. The second kappa shape index (κ2) is 6.32. The SMILES string of the molecule is CC(C)(C)CC(O)CNS(=O)(=O)CC1CCCO1. The molecule has 0 aromatic carbocycles. The van der Waals surface area contributed by atoms with E-state index in [1.807, 2.05) is 20.8 Å². The maximum atomic E-state index is 11.8. The van der Waals surface area contributed by atoms with E-state index in [9.17, 15) is 13.5 Å². The number of hydrogen-bond donors (Lipinski definition) is 2. The summed E-state index contributed by atoms with van der Waals surface area (Å²) in [7, 11) is -3.35. The first kappa shape index (κ1) is 15.9. The molecular formula is C12H25NO4S. The van der Waals surface area contributed by atoms with Gasteiger partial charge >= 0.3 is 0 Å². The highest BCUT2D eigenvalue weighted by atomic mass is 32.2. The van der Waals surface area contributed by atoms with Crippen molar-refractivity contribution in [1.82, 2.24) is 4.72 Å². The fraction of sp³-hybridized carbons (Fsp3) is 1.00. The highest BCUT2D eigenvalue weighted by Crippen LogP contribution is 2.20. The van der Waals surface area contributed by atoms with E-state index in [1.54, 1.807) is 0 Å². The Kier molecular flexibility index (Phi) is 5.58. The Balaban J connectivity index is 2.32. The van der Waals surface area contributed by atoms with Crippen LogP contribution in [0, 0.1) is 5.41 Å². The van der Waals surface area contributed by atoms with E-state index < -0.39 is 16.1 Å². The quantitative estimate of drug-likeness (QED) is 0.757. The molecule has 6 heteroatoms. The zero-order chi connectivity index (χ0) is 13.8. The molecule has 0 spiro atoms. The lowest BCUT2D eigenvalue weighted by Crippen LogP contribution is -2.38. The van der Waals surface area contributed by atoms with Crippen molar-refractivity contribution in [1.29, 1.82) is 0 Å². The van der Waals surface area contributed by atoms with E-state index >= 15 is 0 Å². The molecule has 0 saturated carbocycles. The first-order chi connectivity index (χ1) is 8.18. The molecule has 2 atom stereocenters. The zero-order valence-electron chi connectivity index (χ0n) is 11.5. The van der Waals surface area contributed by atoms with Crippen molar-refractivity contribution >= 4 is 10.0 Å². The Labute approximate surface area is 110 Å². The van der Waals surface area contributed by atoms with Gasteiger partial charge in [-0.15, -0.1) is 0 Å². The second-order valence-corrected chi connectivity index (χ2v) is 8.04. The lowest BCUT2D eigenvalue weighted by atomic mass is 9.89. The molecule has 18 heavy (non-hydrogen) atoms. The fourth-order valence-corrected chi connectivity index (χ4v) is 3.40. The van der Waals surface area contributed by atoms with Crippen LogP contribution in [0.3, 0.4) is 0 Å². The van der Waals surface area contributed by atoms with Crippen LogP contribution in [0.15, 0.2) is 0 Å². The van der Waals surface area contributed by atoms with E-state index in [0.29, 0.717) is 13.0 Å². The van der Waals surface area contributed by atoms with Crippen LogP contribution in [0.4, 0.5) is 0 Å². The molecule has 108 valence electrons. The van der Waals surface area contributed by atoms with Crippen LogP contribution >= 0.6 is 0 Å². The van der Waals surface area contributed by atoms with E-state index in [-0.39, 0.29) is 23.8 Å². The maximum absolute atomic E-state index is 11.8. The molecule has 2 N–H and O–H groups in total. The van der Waals surface area contributed by atoms with E-state index in [4.69, 9.17) is 4.74 Å². The van der Waals surface area contributed by atoms with Crippen LogP contribution in [-0.2, 0) is 14.8 Å². The van der Waals surface area contributed by atoms with Crippen molar-refractivity contribution in [2.75, 3.05) is 18.9 Å². The normalized spacial score (nSPS) is 23.2. The van der Waals surface area contributed by atoms with Gasteiger partial charge in [-0.2, -0.15) is 0 Å². The van der Waals surface area contributed by atoms with Gasteiger partial charge in [-0.25, -0.2) is 13.1 Å². The summed E-state index contributed by atoms with van der Waals surface area (Å²) in [5.41, 5.74) is -0.0145. The summed E-state index contributed by atoms with van der Waals surface area (Å²) in [6.45, 7) is 6.75. The Hall–Kier alpha value is -0.170. The van der Waals surface area contributed by atoms with E-state index in [0.717, 1.165) is 12.8 Å². The van der Waals surface area contributed by atoms with Gasteiger partial charge in [-0.1, -0.05) is 20.8 Å². The van der Waals surface area contributed by atoms with Gasteiger partial charge in [0.05, 0.1) is 18.0 Å². The average molecular weight is 279 g/mol. The minimum absolute atomic E-state index is 0.00472. The third kappa shape index (κ3) is 6.68. The molecule has 5 nitrogen and oxygen atoms in total. The molecule has 0 radical (unpaired) electrons. The second-order valence-electron chi connectivity index (χ2n) is 6.18. The van der Waals surface area contributed by atoms with Crippen molar-refractivity contribution < 1.29 is 18.3 Å². The topological polar surface area (TPSA) is 75.6 Å². The highest BCUT2D eigenvalue weighted by molar-refractivity contribution is 7.89. The molecule has 0 aromatic heterocycles. The average Bonchev–Trinajstić information content (AvgIpc) is 2.64. The number of nitrogens with one attached hydrogen (secondary N) is 1. The molecule has 0 aliphatic carbocycles. The van der Waals surface area contributed by atoms with Gasteiger partial charge in [0.25, 0.3) is 0 Å². The summed E-state index contributed by atoms with van der Waals surface area (Å²) in [6.07, 6.45) is 1.44. The van der Waals surface area contributed by atoms with Gasteiger partial charge in [-0.3, -0.25) is 0 Å². The Morgan fingerprint density at radius 1 is 1.44 bits per heavy atom. The van der Waals surface area contributed by atoms with E-state index in [1.165, 1.54) is 0 Å². The smallest absolute Gasteiger partial charge is 0.214 e. The van der Waals surface area contributed by atoms with Crippen molar-refractivity contribution in [3.05, 3.63) is 0 Å². The van der Waals surface area contributed by atoms with Crippen molar-refractivity contribution in [3.8, 4) is 0 Å². The number of sulfonamides is 1. The minimum Gasteiger partial charge on any atom is -0.392 e. The summed E-state index contributed by atoms with van der Waals surface area (Å²) in [5, 5.41) is 9.75. The van der Waals surface area contributed by atoms with Crippen LogP contribution in [0.2, 0.25) is 0 Å². The molecule has 0 bridgehead atoms. The Morgan fingerprint density at radius 3 is 2.61 bits per heavy atom. The summed E-state index contributed by atoms with van der Waals surface area (Å²) in [5.74, 6) is -0.00472. The van der Waals surface area contributed by atoms with Gasteiger partial charge in [-0.05, 0) is 24.7 Å². The van der Waals surface area contributed by atoms with Gasteiger partial charge in [0.1, 0.15) is 0 Å². The molecule has 1 saturated heterocycles. The van der Waals surface area contributed by atoms with Crippen molar-refractivity contribution in [2.24, 2.45) is 5.41 Å². The summed E-state index contributed by atoms with van der Waals surface area (Å²) in [6, 6.07) is 0. The molecule has 1 aliphatic rings. The molecule has 1 heterocycles. The lowest BCUT2D eigenvalue weighted by Gasteiger charge is -2.22. The monoisotopic (exact) mass is 279 g/mol. The first-order valence-electron chi connectivity index (χ1n) is 6.45.